The van der Waals surface area contributed by atoms with E-state index in [1.807, 2.05) is 12.1 Å². The monoisotopic (exact) mass is 292 g/mol. The second kappa shape index (κ2) is 6.86. The molecule has 0 radical (unpaired) electrons. The number of hydrogen-bond acceptors (Lipinski definition) is 4. The summed E-state index contributed by atoms with van der Waals surface area (Å²) in [7, 11) is 0. The first-order valence-electron chi connectivity index (χ1n) is 6.07. The smallest absolute Gasteiger partial charge is 0.337 e. The predicted molar refractivity (Wildman–Crippen MR) is 74.3 cm³/mol. The summed E-state index contributed by atoms with van der Waals surface area (Å²) in [5.74, 6) is -0.810. The van der Waals surface area contributed by atoms with Crippen LogP contribution < -0.4 is 4.74 Å². The lowest BCUT2D eigenvalue weighted by atomic mass is 10.1. The molecule has 20 heavy (non-hydrogen) atoms. The van der Waals surface area contributed by atoms with E-state index in [-0.39, 0.29) is 16.5 Å². The van der Waals surface area contributed by atoms with Crippen LogP contribution in [0.4, 0.5) is 0 Å². The molecule has 0 bridgehead atoms. The molecular weight excluding hydrogens is 280 g/mol. The van der Waals surface area contributed by atoms with E-state index in [9.17, 15) is 4.79 Å². The molecule has 0 fully saturated rings. The number of carbonyl (C=O) groups is 1. The Balaban J connectivity index is 1.84. The van der Waals surface area contributed by atoms with Crippen molar-refractivity contribution < 1.29 is 14.6 Å². The molecule has 0 aliphatic carbocycles. The normalized spacial score (nSPS) is 10.2. The average Bonchev–Trinajstić information content (AvgIpc) is 2.46. The minimum absolute atomic E-state index is 0.0409. The molecule has 6 heteroatoms. The SMILES string of the molecule is O=C(O)c1cnc(OCCCc2ccncc2)c(Cl)c1. The van der Waals surface area contributed by atoms with Gasteiger partial charge in [-0.3, -0.25) is 4.98 Å². The lowest BCUT2D eigenvalue weighted by molar-refractivity contribution is 0.0696. The number of aromatic nitrogens is 2. The zero-order valence-electron chi connectivity index (χ0n) is 10.6. The number of nitrogens with zero attached hydrogens (tertiary/aromatic N) is 2. The maximum absolute atomic E-state index is 10.7. The summed E-state index contributed by atoms with van der Waals surface area (Å²) in [6.07, 6.45) is 6.40. The van der Waals surface area contributed by atoms with Crippen LogP contribution in [0, 0.1) is 0 Å². The zero-order valence-corrected chi connectivity index (χ0v) is 11.4. The van der Waals surface area contributed by atoms with Gasteiger partial charge >= 0.3 is 5.97 Å². The van der Waals surface area contributed by atoms with Crippen LogP contribution in [-0.4, -0.2) is 27.7 Å². The van der Waals surface area contributed by atoms with Crippen molar-refractivity contribution in [3.8, 4) is 5.88 Å². The number of aromatic carboxylic acids is 1. The van der Waals surface area contributed by atoms with E-state index < -0.39 is 5.97 Å². The van der Waals surface area contributed by atoms with Crippen LogP contribution in [0.3, 0.4) is 0 Å². The van der Waals surface area contributed by atoms with Crippen LogP contribution in [-0.2, 0) is 6.42 Å². The van der Waals surface area contributed by atoms with E-state index >= 15 is 0 Å². The highest BCUT2D eigenvalue weighted by molar-refractivity contribution is 6.32. The number of carboxylic acids is 1. The third-order valence-electron chi connectivity index (χ3n) is 2.65. The van der Waals surface area contributed by atoms with E-state index in [4.69, 9.17) is 21.4 Å². The number of halogens is 1. The average molecular weight is 293 g/mol. The van der Waals surface area contributed by atoms with Gasteiger partial charge in [-0.2, -0.15) is 0 Å². The Morgan fingerprint density at radius 3 is 2.75 bits per heavy atom. The molecule has 104 valence electrons. The third-order valence-corrected chi connectivity index (χ3v) is 2.92. The van der Waals surface area contributed by atoms with Gasteiger partial charge in [0.2, 0.25) is 5.88 Å². The van der Waals surface area contributed by atoms with Gasteiger partial charge in [-0.15, -0.1) is 0 Å². The van der Waals surface area contributed by atoms with Crippen molar-refractivity contribution >= 4 is 17.6 Å². The molecule has 0 saturated carbocycles. The molecule has 0 aliphatic rings. The van der Waals surface area contributed by atoms with Crippen molar-refractivity contribution in [2.45, 2.75) is 12.8 Å². The van der Waals surface area contributed by atoms with Gasteiger partial charge in [-0.1, -0.05) is 11.6 Å². The van der Waals surface area contributed by atoms with Gasteiger partial charge in [0, 0.05) is 18.6 Å². The van der Waals surface area contributed by atoms with Crippen molar-refractivity contribution in [3.63, 3.8) is 0 Å². The van der Waals surface area contributed by atoms with Crippen molar-refractivity contribution in [1.82, 2.24) is 9.97 Å². The van der Waals surface area contributed by atoms with Crippen molar-refractivity contribution in [2.24, 2.45) is 0 Å². The minimum Gasteiger partial charge on any atom is -0.478 e. The quantitative estimate of drug-likeness (QED) is 0.829. The van der Waals surface area contributed by atoms with Crippen molar-refractivity contribution in [3.05, 3.63) is 52.9 Å². The van der Waals surface area contributed by atoms with E-state index in [1.165, 1.54) is 17.8 Å². The first kappa shape index (κ1) is 14.3. The van der Waals surface area contributed by atoms with Crippen LogP contribution in [0.25, 0.3) is 0 Å². The molecule has 2 aromatic heterocycles. The minimum atomic E-state index is -1.07. The Bertz CT molecular complexity index is 590. The topological polar surface area (TPSA) is 72.3 Å². The van der Waals surface area contributed by atoms with E-state index in [1.54, 1.807) is 12.4 Å². The maximum Gasteiger partial charge on any atom is 0.337 e. The van der Waals surface area contributed by atoms with E-state index in [0.717, 1.165) is 12.8 Å². The molecule has 0 atom stereocenters. The second-order valence-corrected chi connectivity index (χ2v) is 4.53. The van der Waals surface area contributed by atoms with Gasteiger partial charge in [0.1, 0.15) is 5.02 Å². The van der Waals surface area contributed by atoms with Crippen LogP contribution in [0.2, 0.25) is 5.02 Å². The zero-order chi connectivity index (χ0) is 14.4. The largest absolute Gasteiger partial charge is 0.478 e. The third kappa shape index (κ3) is 3.93. The number of pyridine rings is 2. The van der Waals surface area contributed by atoms with Crippen LogP contribution >= 0.6 is 11.6 Å². The molecular formula is C14H13ClN2O3. The Hall–Kier alpha value is -2.14. The summed E-state index contributed by atoms with van der Waals surface area (Å²) in [5, 5.41) is 9.00. The first-order valence-corrected chi connectivity index (χ1v) is 6.45. The van der Waals surface area contributed by atoms with Crippen molar-refractivity contribution in [1.29, 1.82) is 0 Å². The van der Waals surface area contributed by atoms with Crippen LogP contribution in [0.1, 0.15) is 22.3 Å². The van der Waals surface area contributed by atoms with E-state index in [2.05, 4.69) is 9.97 Å². The molecule has 1 N–H and O–H groups in total. The maximum atomic E-state index is 10.7. The molecule has 2 heterocycles. The number of rotatable bonds is 6. The predicted octanol–water partition coefficient (Wildman–Crippen LogP) is 2.84. The molecule has 0 saturated heterocycles. The van der Waals surface area contributed by atoms with Gasteiger partial charge in [0.15, 0.2) is 0 Å². The fourth-order valence-electron chi connectivity index (χ4n) is 1.64. The number of ether oxygens (including phenoxy) is 1. The Kier molecular flexibility index (Phi) is 4.90. The van der Waals surface area contributed by atoms with Gasteiger partial charge < -0.3 is 9.84 Å². The van der Waals surface area contributed by atoms with Gasteiger partial charge in [0.25, 0.3) is 0 Å². The number of carboxylic acid groups (broad SMARTS) is 1. The van der Waals surface area contributed by atoms with Crippen LogP contribution in [0.15, 0.2) is 36.8 Å². The Morgan fingerprint density at radius 1 is 1.35 bits per heavy atom. The van der Waals surface area contributed by atoms with Gasteiger partial charge in [-0.25, -0.2) is 9.78 Å². The van der Waals surface area contributed by atoms with Crippen LogP contribution in [0.5, 0.6) is 5.88 Å². The van der Waals surface area contributed by atoms with Crippen molar-refractivity contribution in [2.75, 3.05) is 6.61 Å². The highest BCUT2D eigenvalue weighted by Crippen LogP contribution is 2.22. The molecule has 2 aromatic rings. The first-order chi connectivity index (χ1) is 9.66. The van der Waals surface area contributed by atoms with Gasteiger partial charge in [0.05, 0.1) is 12.2 Å². The molecule has 0 spiro atoms. The number of aryl methyl sites for hydroxylation is 1. The standard InChI is InChI=1S/C14H13ClN2O3/c15-12-8-11(14(18)19)9-17-13(12)20-7-1-2-10-3-5-16-6-4-10/h3-6,8-9H,1-2,7H2,(H,18,19). The summed E-state index contributed by atoms with van der Waals surface area (Å²) in [6.45, 7) is 0.460. The second-order valence-electron chi connectivity index (χ2n) is 4.12. The summed E-state index contributed by atoms with van der Waals surface area (Å²) >= 11 is 5.91. The summed E-state index contributed by atoms with van der Waals surface area (Å²) in [4.78, 5) is 18.6. The van der Waals surface area contributed by atoms with Gasteiger partial charge in [-0.05, 0) is 36.6 Å². The Labute approximate surface area is 121 Å². The molecule has 0 aliphatic heterocycles. The summed E-state index contributed by atoms with van der Waals surface area (Å²) in [5.41, 5.74) is 1.23. The summed E-state index contributed by atoms with van der Waals surface area (Å²) in [6, 6.07) is 5.23. The molecule has 0 aromatic carbocycles. The highest BCUT2D eigenvalue weighted by Gasteiger charge is 2.09. The fourth-order valence-corrected chi connectivity index (χ4v) is 1.86. The van der Waals surface area contributed by atoms with E-state index in [0.29, 0.717) is 6.61 Å². The highest BCUT2D eigenvalue weighted by atomic mass is 35.5. The lowest BCUT2D eigenvalue weighted by Crippen LogP contribution is -2.03. The molecule has 5 nitrogen and oxygen atoms in total. The molecule has 2 rings (SSSR count). The lowest BCUT2D eigenvalue weighted by Gasteiger charge is -2.07. The fraction of sp³-hybridized carbons (Fsp3) is 0.214. The summed E-state index contributed by atoms with van der Waals surface area (Å²) < 4.78 is 5.44. The Morgan fingerprint density at radius 2 is 2.10 bits per heavy atom. The molecule has 0 amide bonds. The molecule has 0 unspecified atom stereocenters. The number of hydrogen-bond donors (Lipinski definition) is 1.